The molecule has 4 nitrogen and oxygen atoms in total. The molecule has 1 aromatic rings. The molecular formula is C32H41N3O. The van der Waals surface area contributed by atoms with E-state index in [0.29, 0.717) is 5.82 Å². The molecule has 0 aromatic carbocycles. The van der Waals surface area contributed by atoms with Gasteiger partial charge in [-0.25, -0.2) is 9.97 Å². The highest BCUT2D eigenvalue weighted by molar-refractivity contribution is 5.81. The molecule has 0 N–H and O–H groups in total. The highest BCUT2D eigenvalue weighted by Gasteiger charge is 2.24. The normalized spacial score (nSPS) is 18.4. The van der Waals surface area contributed by atoms with E-state index in [4.69, 9.17) is 4.74 Å². The number of rotatable bonds is 11. The molecule has 36 heavy (non-hydrogen) atoms. The standard InChI is InChI=1S/C28H31N3O.C4H10/c1-5-7-8-9-11-21-12-10-13-26(25(21)6-2)24-18-30-28(31-19-24)22-14-15-27(32-20(3)4)23(16-22)17-29;1-3-4-2/h5,12,14-16,18-20,23,27H,1,6-9,11H2,2-4H3;3-4H2,1-2H3. The maximum atomic E-state index is 9.55. The quantitative estimate of drug-likeness (QED) is 0.180. The van der Waals surface area contributed by atoms with Crippen LogP contribution in [0.2, 0.25) is 0 Å². The summed E-state index contributed by atoms with van der Waals surface area (Å²) in [6.45, 7) is 14.3. The number of ether oxygens (including phenoxy) is 1. The Morgan fingerprint density at radius 2 is 1.89 bits per heavy atom. The van der Waals surface area contributed by atoms with Gasteiger partial charge in [0.05, 0.1) is 24.2 Å². The first-order valence-electron chi connectivity index (χ1n) is 13.3. The van der Waals surface area contributed by atoms with E-state index in [2.05, 4.69) is 60.9 Å². The van der Waals surface area contributed by atoms with Crippen LogP contribution in [0.1, 0.15) is 91.0 Å². The summed E-state index contributed by atoms with van der Waals surface area (Å²) in [6, 6.07) is 2.32. The molecule has 0 radical (unpaired) electrons. The SMILES string of the molecule is C=CCCCCC1=C(CC)C(c2cnc(C3=CC(C#N)C(OC(C)C)C=C3)nc2)=C=C=C1.CCCC. The first kappa shape index (κ1) is 29.0. The van der Waals surface area contributed by atoms with Crippen molar-refractivity contribution >= 4 is 11.1 Å². The number of aromatic nitrogens is 2. The van der Waals surface area contributed by atoms with Gasteiger partial charge in [-0.05, 0) is 63.2 Å². The van der Waals surface area contributed by atoms with Gasteiger partial charge < -0.3 is 4.74 Å². The predicted octanol–water partition coefficient (Wildman–Crippen LogP) is 8.33. The van der Waals surface area contributed by atoms with E-state index in [9.17, 15) is 5.26 Å². The first-order valence-corrected chi connectivity index (χ1v) is 13.3. The lowest BCUT2D eigenvalue weighted by molar-refractivity contribution is 0.0233. The number of unbranched alkanes of at least 4 members (excludes halogenated alkanes) is 3. The molecule has 2 aliphatic carbocycles. The van der Waals surface area contributed by atoms with E-state index >= 15 is 0 Å². The number of nitriles is 1. The Morgan fingerprint density at radius 1 is 1.17 bits per heavy atom. The van der Waals surface area contributed by atoms with Gasteiger partial charge in [0.15, 0.2) is 5.82 Å². The molecule has 0 bridgehead atoms. The molecule has 3 rings (SSSR count). The minimum atomic E-state index is -0.354. The third-order valence-corrected chi connectivity index (χ3v) is 6.05. The Balaban J connectivity index is 0.00000106. The summed E-state index contributed by atoms with van der Waals surface area (Å²) in [4.78, 5) is 9.20. The highest BCUT2D eigenvalue weighted by atomic mass is 16.5. The molecule has 2 atom stereocenters. The average molecular weight is 484 g/mol. The Hall–Kier alpha value is -3.21. The van der Waals surface area contributed by atoms with Gasteiger partial charge in [-0.15, -0.1) is 6.58 Å². The summed E-state index contributed by atoms with van der Waals surface area (Å²) in [5.41, 5.74) is 11.9. The van der Waals surface area contributed by atoms with Crippen LogP contribution >= 0.6 is 0 Å². The van der Waals surface area contributed by atoms with Crippen molar-refractivity contribution in [2.75, 3.05) is 0 Å². The first-order chi connectivity index (χ1) is 17.5. The zero-order valence-electron chi connectivity index (χ0n) is 22.7. The molecule has 0 saturated heterocycles. The topological polar surface area (TPSA) is 58.8 Å². The van der Waals surface area contributed by atoms with Crippen molar-refractivity contribution in [3.63, 3.8) is 0 Å². The molecule has 2 aliphatic rings. The Kier molecular flexibility index (Phi) is 12.7. The van der Waals surface area contributed by atoms with Crippen molar-refractivity contribution in [2.45, 2.75) is 91.8 Å². The zero-order chi connectivity index (χ0) is 26.3. The highest BCUT2D eigenvalue weighted by Crippen LogP contribution is 2.32. The lowest BCUT2D eigenvalue weighted by atomic mass is 9.89. The van der Waals surface area contributed by atoms with Gasteiger partial charge in [0.1, 0.15) is 0 Å². The molecule has 4 heteroatoms. The summed E-state index contributed by atoms with van der Waals surface area (Å²) in [5, 5.41) is 9.55. The van der Waals surface area contributed by atoms with Crippen LogP contribution in [0.4, 0.5) is 0 Å². The third kappa shape index (κ3) is 8.47. The van der Waals surface area contributed by atoms with Crippen LogP contribution in [0.15, 0.2) is 72.0 Å². The van der Waals surface area contributed by atoms with Crippen LogP contribution in [-0.2, 0) is 4.74 Å². The van der Waals surface area contributed by atoms with Crippen LogP contribution in [-0.4, -0.2) is 22.2 Å². The smallest absolute Gasteiger partial charge is 0.158 e. The van der Waals surface area contributed by atoms with Crippen molar-refractivity contribution in [1.29, 1.82) is 5.26 Å². The predicted molar refractivity (Wildman–Crippen MR) is 150 cm³/mol. The van der Waals surface area contributed by atoms with Gasteiger partial charge in [-0.1, -0.05) is 69.4 Å². The van der Waals surface area contributed by atoms with Gasteiger partial charge in [0.2, 0.25) is 0 Å². The minimum Gasteiger partial charge on any atom is -0.370 e. The van der Waals surface area contributed by atoms with Crippen LogP contribution < -0.4 is 0 Å². The van der Waals surface area contributed by atoms with Crippen LogP contribution in [0.3, 0.4) is 0 Å². The Bertz CT molecular complexity index is 1100. The van der Waals surface area contributed by atoms with Crippen molar-refractivity contribution in [2.24, 2.45) is 5.92 Å². The van der Waals surface area contributed by atoms with Crippen molar-refractivity contribution in [3.05, 3.63) is 83.3 Å². The van der Waals surface area contributed by atoms with Crippen LogP contribution in [0, 0.1) is 17.2 Å². The maximum absolute atomic E-state index is 9.55. The lowest BCUT2D eigenvalue weighted by Crippen LogP contribution is -2.25. The van der Waals surface area contributed by atoms with Gasteiger partial charge in [0.25, 0.3) is 0 Å². The van der Waals surface area contributed by atoms with E-state index in [1.54, 1.807) is 0 Å². The largest absolute Gasteiger partial charge is 0.370 e. The van der Waals surface area contributed by atoms with E-state index in [-0.39, 0.29) is 18.1 Å². The van der Waals surface area contributed by atoms with Gasteiger partial charge in [-0.2, -0.15) is 5.26 Å². The minimum absolute atomic E-state index is 0.0598. The van der Waals surface area contributed by atoms with Crippen molar-refractivity contribution in [3.8, 4) is 6.07 Å². The number of hydrogen-bond donors (Lipinski definition) is 0. The number of allylic oxidation sites excluding steroid dienone is 7. The fourth-order valence-corrected chi connectivity index (χ4v) is 3.97. The molecule has 1 aromatic heterocycles. The average Bonchev–Trinajstić information content (AvgIpc) is 2.91. The van der Waals surface area contributed by atoms with Gasteiger partial charge >= 0.3 is 0 Å². The van der Waals surface area contributed by atoms with Crippen LogP contribution in [0.5, 0.6) is 0 Å². The van der Waals surface area contributed by atoms with Crippen molar-refractivity contribution in [1.82, 2.24) is 9.97 Å². The second-order valence-electron chi connectivity index (χ2n) is 9.26. The number of nitrogens with zero attached hydrogens (tertiary/aromatic N) is 3. The molecule has 0 saturated carbocycles. The fraction of sp³-hybridized carbons (Fsp3) is 0.469. The molecule has 0 spiro atoms. The Morgan fingerprint density at radius 3 is 2.47 bits per heavy atom. The molecule has 0 amide bonds. The van der Waals surface area contributed by atoms with Crippen molar-refractivity contribution < 1.29 is 4.74 Å². The summed E-state index contributed by atoms with van der Waals surface area (Å²) in [5.74, 6) is 0.254. The van der Waals surface area contributed by atoms with E-state index in [0.717, 1.165) is 48.8 Å². The van der Waals surface area contributed by atoms with Crippen LogP contribution in [0.25, 0.3) is 11.1 Å². The molecule has 1 heterocycles. The van der Waals surface area contributed by atoms with E-state index < -0.39 is 0 Å². The molecule has 0 fully saturated rings. The molecular weight excluding hydrogens is 442 g/mol. The lowest BCUT2D eigenvalue weighted by Gasteiger charge is -2.23. The molecule has 2 unspecified atom stereocenters. The summed E-state index contributed by atoms with van der Waals surface area (Å²) < 4.78 is 5.83. The van der Waals surface area contributed by atoms with E-state index in [1.807, 2.05) is 50.5 Å². The van der Waals surface area contributed by atoms with Gasteiger partial charge in [0, 0.05) is 29.1 Å². The number of hydrogen-bond acceptors (Lipinski definition) is 4. The second kappa shape index (κ2) is 15.7. The third-order valence-electron chi connectivity index (χ3n) is 6.05. The Labute approximate surface area is 218 Å². The molecule has 190 valence electrons. The molecule has 0 aliphatic heterocycles. The zero-order valence-corrected chi connectivity index (χ0v) is 22.7. The fourth-order valence-electron chi connectivity index (χ4n) is 3.97. The summed E-state index contributed by atoms with van der Waals surface area (Å²) in [6.07, 6.45) is 21.2. The summed E-state index contributed by atoms with van der Waals surface area (Å²) in [7, 11) is 0. The van der Waals surface area contributed by atoms with Gasteiger partial charge in [-0.3, -0.25) is 0 Å². The second-order valence-corrected chi connectivity index (χ2v) is 9.26. The van der Waals surface area contributed by atoms with E-state index in [1.165, 1.54) is 24.0 Å². The summed E-state index contributed by atoms with van der Waals surface area (Å²) >= 11 is 0. The maximum Gasteiger partial charge on any atom is 0.158 e. The monoisotopic (exact) mass is 483 g/mol.